The van der Waals surface area contributed by atoms with Crippen LogP contribution in [0.1, 0.15) is 26.7 Å². The molecule has 2 unspecified atom stereocenters. The van der Waals surface area contributed by atoms with Crippen molar-refractivity contribution in [3.05, 3.63) is 30.3 Å². The molecule has 6 nitrogen and oxygen atoms in total. The molecule has 1 aliphatic heterocycles. The summed E-state index contributed by atoms with van der Waals surface area (Å²) in [7, 11) is 0. The normalized spacial score (nSPS) is 18.7. The first-order valence-electron chi connectivity index (χ1n) is 8.58. The molecule has 1 heterocycles. The quantitative estimate of drug-likeness (QED) is 0.796. The number of rotatable bonds is 7. The van der Waals surface area contributed by atoms with Crippen LogP contribution in [0.5, 0.6) is 0 Å². The lowest BCUT2D eigenvalue weighted by atomic mass is 10.1. The minimum Gasteiger partial charge on any atom is -0.378 e. The van der Waals surface area contributed by atoms with Gasteiger partial charge < -0.3 is 20.3 Å². The molecule has 0 spiro atoms. The van der Waals surface area contributed by atoms with Crippen molar-refractivity contribution in [2.45, 2.75) is 38.8 Å². The maximum absolute atomic E-state index is 12.7. The standard InChI is InChI=1S/C18H27N3O3/c1-3-10-21(17(22)12-16-13-24-11-9-19-16)14(2)18(23)20-15-7-5-4-6-8-15/h4-8,14,16,19H,3,9-13H2,1-2H3,(H,20,23). The molecule has 0 aliphatic carbocycles. The van der Waals surface area contributed by atoms with Crippen LogP contribution in [0.2, 0.25) is 0 Å². The number of benzene rings is 1. The highest BCUT2D eigenvalue weighted by molar-refractivity contribution is 5.96. The average Bonchev–Trinajstić information content (AvgIpc) is 2.60. The van der Waals surface area contributed by atoms with Crippen LogP contribution in [-0.2, 0) is 14.3 Å². The number of para-hydroxylation sites is 1. The molecule has 2 rings (SSSR count). The number of carbonyl (C=O) groups excluding carboxylic acids is 2. The largest absolute Gasteiger partial charge is 0.378 e. The summed E-state index contributed by atoms with van der Waals surface area (Å²) in [6.07, 6.45) is 1.16. The summed E-state index contributed by atoms with van der Waals surface area (Å²) in [6, 6.07) is 8.80. The Morgan fingerprint density at radius 1 is 1.38 bits per heavy atom. The molecule has 1 aromatic carbocycles. The molecular formula is C18H27N3O3. The zero-order valence-corrected chi connectivity index (χ0v) is 14.5. The smallest absolute Gasteiger partial charge is 0.246 e. The van der Waals surface area contributed by atoms with Gasteiger partial charge in [-0.1, -0.05) is 25.1 Å². The number of nitrogens with one attached hydrogen (secondary N) is 2. The van der Waals surface area contributed by atoms with Crippen molar-refractivity contribution in [3.63, 3.8) is 0 Å². The summed E-state index contributed by atoms with van der Waals surface area (Å²) >= 11 is 0. The van der Waals surface area contributed by atoms with Crippen LogP contribution in [0, 0.1) is 0 Å². The van der Waals surface area contributed by atoms with Crippen LogP contribution in [0.3, 0.4) is 0 Å². The minimum atomic E-state index is -0.512. The number of anilines is 1. The van der Waals surface area contributed by atoms with E-state index in [4.69, 9.17) is 4.74 Å². The fraction of sp³-hybridized carbons (Fsp3) is 0.556. The number of hydrogen-bond donors (Lipinski definition) is 2. The van der Waals surface area contributed by atoms with Gasteiger partial charge >= 0.3 is 0 Å². The Bertz CT molecular complexity index is 530. The van der Waals surface area contributed by atoms with E-state index in [1.165, 1.54) is 0 Å². The maximum atomic E-state index is 12.7. The minimum absolute atomic E-state index is 0.0180. The third kappa shape index (κ3) is 5.32. The zero-order chi connectivity index (χ0) is 17.4. The lowest BCUT2D eigenvalue weighted by Gasteiger charge is -2.31. The second kappa shape index (κ2) is 9.39. The molecule has 1 saturated heterocycles. The van der Waals surface area contributed by atoms with Crippen molar-refractivity contribution >= 4 is 17.5 Å². The molecule has 0 radical (unpaired) electrons. The van der Waals surface area contributed by atoms with Crippen molar-refractivity contribution in [2.75, 3.05) is 31.6 Å². The van der Waals surface area contributed by atoms with Crippen molar-refractivity contribution < 1.29 is 14.3 Å². The Kier molecular flexibility index (Phi) is 7.21. The first-order valence-corrected chi connectivity index (χ1v) is 8.58. The number of amides is 2. The van der Waals surface area contributed by atoms with Gasteiger partial charge in [0.25, 0.3) is 0 Å². The van der Waals surface area contributed by atoms with Crippen LogP contribution in [0.4, 0.5) is 5.69 Å². The number of carbonyl (C=O) groups is 2. The monoisotopic (exact) mass is 333 g/mol. The molecular weight excluding hydrogens is 306 g/mol. The van der Waals surface area contributed by atoms with Crippen LogP contribution in [-0.4, -0.2) is 55.1 Å². The highest BCUT2D eigenvalue weighted by Crippen LogP contribution is 2.11. The number of hydrogen-bond acceptors (Lipinski definition) is 4. The van der Waals surface area contributed by atoms with Gasteiger partial charge in [-0.25, -0.2) is 0 Å². The van der Waals surface area contributed by atoms with Crippen molar-refractivity contribution in [3.8, 4) is 0 Å². The van der Waals surface area contributed by atoms with Gasteiger partial charge in [0.15, 0.2) is 0 Å². The topological polar surface area (TPSA) is 70.7 Å². The third-order valence-corrected chi connectivity index (χ3v) is 4.09. The lowest BCUT2D eigenvalue weighted by Crippen LogP contribution is -2.50. The molecule has 1 aliphatic rings. The van der Waals surface area contributed by atoms with E-state index in [0.717, 1.165) is 18.7 Å². The summed E-state index contributed by atoms with van der Waals surface area (Å²) in [6.45, 7) is 6.32. The van der Waals surface area contributed by atoms with Crippen LogP contribution in [0.25, 0.3) is 0 Å². The molecule has 1 aromatic rings. The highest BCUT2D eigenvalue weighted by atomic mass is 16.5. The maximum Gasteiger partial charge on any atom is 0.246 e. The van der Waals surface area contributed by atoms with E-state index in [1.807, 2.05) is 37.3 Å². The zero-order valence-electron chi connectivity index (χ0n) is 14.5. The number of nitrogens with zero attached hydrogens (tertiary/aromatic N) is 1. The van der Waals surface area contributed by atoms with E-state index in [0.29, 0.717) is 26.2 Å². The first kappa shape index (κ1) is 18.4. The van der Waals surface area contributed by atoms with Crippen molar-refractivity contribution in [1.29, 1.82) is 0 Å². The van der Waals surface area contributed by atoms with Gasteiger partial charge in [-0.3, -0.25) is 9.59 Å². The van der Waals surface area contributed by atoms with Crippen molar-refractivity contribution in [2.24, 2.45) is 0 Å². The fourth-order valence-corrected chi connectivity index (χ4v) is 2.76. The van der Waals surface area contributed by atoms with E-state index in [-0.39, 0.29) is 17.9 Å². The van der Waals surface area contributed by atoms with Gasteiger partial charge in [-0.15, -0.1) is 0 Å². The lowest BCUT2D eigenvalue weighted by molar-refractivity contribution is -0.139. The summed E-state index contributed by atoms with van der Waals surface area (Å²) < 4.78 is 5.40. The Morgan fingerprint density at radius 3 is 2.75 bits per heavy atom. The van der Waals surface area contributed by atoms with E-state index < -0.39 is 6.04 Å². The summed E-state index contributed by atoms with van der Waals surface area (Å²) in [5, 5.41) is 6.15. The predicted octanol–water partition coefficient (Wildman–Crippen LogP) is 1.63. The number of morpholine rings is 1. The van der Waals surface area contributed by atoms with E-state index in [2.05, 4.69) is 10.6 Å². The van der Waals surface area contributed by atoms with Gasteiger partial charge in [0.1, 0.15) is 6.04 Å². The average molecular weight is 333 g/mol. The Balaban J connectivity index is 1.96. The Morgan fingerprint density at radius 2 is 2.12 bits per heavy atom. The predicted molar refractivity (Wildman–Crippen MR) is 93.8 cm³/mol. The summed E-state index contributed by atoms with van der Waals surface area (Å²) in [4.78, 5) is 26.8. The molecule has 132 valence electrons. The van der Waals surface area contributed by atoms with Gasteiger partial charge in [0.2, 0.25) is 11.8 Å². The van der Waals surface area contributed by atoms with Gasteiger partial charge in [-0.2, -0.15) is 0 Å². The highest BCUT2D eigenvalue weighted by Gasteiger charge is 2.27. The molecule has 0 bridgehead atoms. The SMILES string of the molecule is CCCN(C(=O)CC1COCCN1)C(C)C(=O)Nc1ccccc1. The second-order valence-corrected chi connectivity index (χ2v) is 6.05. The van der Waals surface area contributed by atoms with Crippen LogP contribution < -0.4 is 10.6 Å². The third-order valence-electron chi connectivity index (χ3n) is 4.09. The second-order valence-electron chi connectivity index (χ2n) is 6.05. The molecule has 6 heteroatoms. The Labute approximate surface area is 143 Å². The molecule has 2 atom stereocenters. The molecule has 24 heavy (non-hydrogen) atoms. The summed E-state index contributed by atoms with van der Waals surface area (Å²) in [5.41, 5.74) is 0.737. The molecule has 0 aromatic heterocycles. The summed E-state index contributed by atoms with van der Waals surface area (Å²) in [5.74, 6) is -0.189. The van der Waals surface area contributed by atoms with Crippen LogP contribution >= 0.6 is 0 Å². The first-order chi connectivity index (χ1) is 11.6. The number of ether oxygens (including phenoxy) is 1. The van der Waals surface area contributed by atoms with Gasteiger partial charge in [0.05, 0.1) is 13.2 Å². The molecule has 2 amide bonds. The van der Waals surface area contributed by atoms with E-state index in [9.17, 15) is 9.59 Å². The molecule has 2 N–H and O–H groups in total. The van der Waals surface area contributed by atoms with E-state index >= 15 is 0 Å². The van der Waals surface area contributed by atoms with Gasteiger partial charge in [-0.05, 0) is 25.5 Å². The van der Waals surface area contributed by atoms with E-state index in [1.54, 1.807) is 11.8 Å². The van der Waals surface area contributed by atoms with Crippen LogP contribution in [0.15, 0.2) is 30.3 Å². The Hall–Kier alpha value is -1.92. The fourth-order valence-electron chi connectivity index (χ4n) is 2.76. The molecule has 1 fully saturated rings. The molecule has 0 saturated carbocycles. The van der Waals surface area contributed by atoms with Gasteiger partial charge in [0, 0.05) is 31.2 Å². The van der Waals surface area contributed by atoms with Crippen molar-refractivity contribution in [1.82, 2.24) is 10.2 Å².